The smallest absolute Gasteiger partial charge is 0.246 e. The van der Waals surface area contributed by atoms with Crippen LogP contribution >= 0.6 is 0 Å². The first-order chi connectivity index (χ1) is 10.4. The Labute approximate surface area is 132 Å². The third kappa shape index (κ3) is 6.53. The third-order valence-corrected chi connectivity index (χ3v) is 3.56. The predicted molar refractivity (Wildman–Crippen MR) is 83.9 cm³/mol. The second kappa shape index (κ2) is 9.53. The van der Waals surface area contributed by atoms with Crippen LogP contribution in [-0.4, -0.2) is 54.3 Å². The number of imide groups is 1. The van der Waals surface area contributed by atoms with Crippen LogP contribution in [0.1, 0.15) is 46.0 Å². The molecule has 126 valence electrons. The molecule has 0 aromatic heterocycles. The van der Waals surface area contributed by atoms with Gasteiger partial charge in [-0.25, -0.2) is 0 Å². The molecule has 0 aliphatic carbocycles. The fourth-order valence-corrected chi connectivity index (χ4v) is 2.33. The highest BCUT2D eigenvalue weighted by Gasteiger charge is 2.35. The summed E-state index contributed by atoms with van der Waals surface area (Å²) in [7, 11) is 0. The van der Waals surface area contributed by atoms with Crippen LogP contribution in [0, 0.1) is 0 Å². The van der Waals surface area contributed by atoms with E-state index in [2.05, 4.69) is 24.5 Å². The van der Waals surface area contributed by atoms with Crippen LogP contribution in [-0.2, 0) is 14.4 Å². The number of hydrogen-bond acceptors (Lipinski definition) is 5. The van der Waals surface area contributed by atoms with Gasteiger partial charge in [-0.1, -0.05) is 20.3 Å². The van der Waals surface area contributed by atoms with E-state index in [-0.39, 0.29) is 24.1 Å². The fraction of sp³-hybridized carbons (Fsp3) is 0.800. The van der Waals surface area contributed by atoms with E-state index in [1.807, 2.05) is 0 Å². The summed E-state index contributed by atoms with van der Waals surface area (Å²) < 4.78 is 0. The van der Waals surface area contributed by atoms with E-state index in [1.54, 1.807) is 0 Å². The normalized spacial score (nSPS) is 18.4. The molecular formula is C15H28N4O3. The molecule has 0 aromatic carbocycles. The maximum absolute atomic E-state index is 11.6. The Hall–Kier alpha value is -1.47. The van der Waals surface area contributed by atoms with E-state index < -0.39 is 6.04 Å². The van der Waals surface area contributed by atoms with Gasteiger partial charge in [-0.2, -0.15) is 0 Å². The van der Waals surface area contributed by atoms with Crippen molar-refractivity contribution < 1.29 is 14.4 Å². The number of nitrogens with zero attached hydrogens (tertiary/aromatic N) is 1. The van der Waals surface area contributed by atoms with E-state index >= 15 is 0 Å². The first kappa shape index (κ1) is 18.6. The van der Waals surface area contributed by atoms with Crippen LogP contribution in [0.3, 0.4) is 0 Å². The number of rotatable bonds is 10. The summed E-state index contributed by atoms with van der Waals surface area (Å²) in [5.74, 6) is -0.422. The van der Waals surface area contributed by atoms with Crippen molar-refractivity contribution in [3.63, 3.8) is 0 Å². The molecule has 1 rings (SSSR count). The molecule has 22 heavy (non-hydrogen) atoms. The first-order valence-corrected chi connectivity index (χ1v) is 8.01. The maximum Gasteiger partial charge on any atom is 0.246 e. The van der Waals surface area contributed by atoms with Crippen molar-refractivity contribution in [2.75, 3.05) is 19.6 Å². The summed E-state index contributed by atoms with van der Waals surface area (Å²) in [5.41, 5.74) is 5.54. The van der Waals surface area contributed by atoms with Crippen molar-refractivity contribution >= 4 is 17.7 Å². The molecule has 1 atom stereocenters. The summed E-state index contributed by atoms with van der Waals surface area (Å²) in [6.07, 6.45) is 2.87. The highest BCUT2D eigenvalue weighted by molar-refractivity contribution is 6.05. The number of hydrogen-bond donors (Lipinski definition) is 3. The van der Waals surface area contributed by atoms with Gasteiger partial charge >= 0.3 is 0 Å². The minimum atomic E-state index is -0.669. The molecule has 0 aromatic rings. The summed E-state index contributed by atoms with van der Waals surface area (Å²) in [6, 6.07) is -0.251. The monoisotopic (exact) mass is 312 g/mol. The topological polar surface area (TPSA) is 105 Å². The van der Waals surface area contributed by atoms with Gasteiger partial charge in [0.05, 0.1) is 12.5 Å². The standard InChI is InChI=1S/C15H28N4O3/c1-11(2)17-7-8-18-13(20)6-4-3-5-9-19-14(21)10-12(16)15(19)22/h11-12,17H,3-10,16H2,1-2H3,(H,18,20). The Morgan fingerprint density at radius 3 is 2.59 bits per heavy atom. The minimum Gasteiger partial charge on any atom is -0.355 e. The quantitative estimate of drug-likeness (QED) is 0.381. The van der Waals surface area contributed by atoms with Gasteiger partial charge in [0.25, 0.3) is 0 Å². The zero-order valence-electron chi connectivity index (χ0n) is 13.6. The zero-order chi connectivity index (χ0) is 16.5. The number of nitrogens with two attached hydrogens (primary N) is 1. The lowest BCUT2D eigenvalue weighted by Gasteiger charge is -2.13. The molecule has 1 aliphatic rings. The Morgan fingerprint density at radius 2 is 2.00 bits per heavy atom. The lowest BCUT2D eigenvalue weighted by atomic mass is 10.2. The Bertz CT molecular complexity index is 398. The second-order valence-electron chi connectivity index (χ2n) is 5.96. The van der Waals surface area contributed by atoms with E-state index in [0.717, 1.165) is 19.4 Å². The highest BCUT2D eigenvalue weighted by atomic mass is 16.2. The van der Waals surface area contributed by atoms with E-state index in [1.165, 1.54) is 4.90 Å². The number of nitrogens with one attached hydrogen (secondary N) is 2. The van der Waals surface area contributed by atoms with Crippen LogP contribution in [0.25, 0.3) is 0 Å². The van der Waals surface area contributed by atoms with Crippen LogP contribution in [0.2, 0.25) is 0 Å². The fourth-order valence-electron chi connectivity index (χ4n) is 2.33. The van der Waals surface area contributed by atoms with E-state index in [4.69, 9.17) is 5.73 Å². The van der Waals surface area contributed by atoms with Gasteiger partial charge in [0.1, 0.15) is 0 Å². The molecule has 0 spiro atoms. The van der Waals surface area contributed by atoms with Gasteiger partial charge in [-0.15, -0.1) is 0 Å². The summed E-state index contributed by atoms with van der Waals surface area (Å²) in [6.45, 7) is 5.93. The average Bonchev–Trinajstić information content (AvgIpc) is 2.69. The van der Waals surface area contributed by atoms with E-state index in [0.29, 0.717) is 32.0 Å². The molecule has 4 N–H and O–H groups in total. The SMILES string of the molecule is CC(C)NCCNC(=O)CCCCCN1C(=O)CC(N)C1=O. The van der Waals surface area contributed by atoms with Crippen LogP contribution in [0.5, 0.6) is 0 Å². The summed E-state index contributed by atoms with van der Waals surface area (Å²) in [4.78, 5) is 35.9. The highest BCUT2D eigenvalue weighted by Crippen LogP contribution is 2.12. The van der Waals surface area contributed by atoms with Gasteiger partial charge < -0.3 is 16.4 Å². The molecule has 1 fully saturated rings. The molecule has 7 nitrogen and oxygen atoms in total. The average molecular weight is 312 g/mol. The Morgan fingerprint density at radius 1 is 1.27 bits per heavy atom. The van der Waals surface area contributed by atoms with Crippen molar-refractivity contribution in [1.82, 2.24) is 15.5 Å². The molecule has 0 radical (unpaired) electrons. The minimum absolute atomic E-state index is 0.0425. The van der Waals surface area contributed by atoms with Gasteiger partial charge in [-0.3, -0.25) is 19.3 Å². The van der Waals surface area contributed by atoms with Crippen molar-refractivity contribution in [3.8, 4) is 0 Å². The largest absolute Gasteiger partial charge is 0.355 e. The van der Waals surface area contributed by atoms with E-state index in [9.17, 15) is 14.4 Å². The lowest BCUT2D eigenvalue weighted by molar-refractivity contribution is -0.138. The van der Waals surface area contributed by atoms with Crippen molar-refractivity contribution in [2.45, 2.75) is 58.0 Å². The summed E-state index contributed by atoms with van der Waals surface area (Å²) in [5, 5.41) is 6.08. The molecular weight excluding hydrogens is 284 g/mol. The Kier molecular flexibility index (Phi) is 8.05. The number of amides is 3. The molecule has 0 saturated carbocycles. The summed E-state index contributed by atoms with van der Waals surface area (Å²) >= 11 is 0. The second-order valence-corrected chi connectivity index (χ2v) is 5.96. The molecule has 1 heterocycles. The van der Waals surface area contributed by atoms with Crippen molar-refractivity contribution in [2.24, 2.45) is 5.73 Å². The number of likely N-dealkylation sites (tertiary alicyclic amines) is 1. The van der Waals surface area contributed by atoms with Crippen molar-refractivity contribution in [1.29, 1.82) is 0 Å². The molecule has 3 amide bonds. The van der Waals surface area contributed by atoms with Gasteiger partial charge in [0.15, 0.2) is 0 Å². The zero-order valence-corrected chi connectivity index (χ0v) is 13.6. The predicted octanol–water partition coefficient (Wildman–Crippen LogP) is -0.253. The number of carbonyl (C=O) groups excluding carboxylic acids is 3. The van der Waals surface area contributed by atoms with Crippen LogP contribution < -0.4 is 16.4 Å². The van der Waals surface area contributed by atoms with Gasteiger partial charge in [-0.05, 0) is 12.8 Å². The lowest BCUT2D eigenvalue weighted by Crippen LogP contribution is -2.36. The van der Waals surface area contributed by atoms with Gasteiger partial charge in [0.2, 0.25) is 17.7 Å². The number of unbranched alkanes of at least 4 members (excludes halogenated alkanes) is 2. The molecule has 7 heteroatoms. The van der Waals surface area contributed by atoms with Crippen LogP contribution in [0.4, 0.5) is 0 Å². The maximum atomic E-state index is 11.6. The number of carbonyl (C=O) groups is 3. The molecule has 1 saturated heterocycles. The molecule has 1 unspecified atom stereocenters. The molecule has 0 bridgehead atoms. The Balaban J connectivity index is 2.02. The van der Waals surface area contributed by atoms with Crippen LogP contribution in [0.15, 0.2) is 0 Å². The van der Waals surface area contributed by atoms with Crippen molar-refractivity contribution in [3.05, 3.63) is 0 Å². The third-order valence-electron chi connectivity index (χ3n) is 3.56. The molecule has 1 aliphatic heterocycles. The van der Waals surface area contributed by atoms with Gasteiger partial charge in [0, 0.05) is 32.1 Å². The first-order valence-electron chi connectivity index (χ1n) is 8.01.